The molecule has 2 N–H and O–H groups in total. The van der Waals surface area contributed by atoms with Crippen LogP contribution in [0.25, 0.3) is 0 Å². The van der Waals surface area contributed by atoms with Gasteiger partial charge in [-0.25, -0.2) is 4.39 Å². The topological polar surface area (TPSA) is 41.1 Å². The second-order valence-corrected chi connectivity index (χ2v) is 5.05. The van der Waals surface area contributed by atoms with Gasteiger partial charge in [-0.15, -0.1) is 0 Å². The van der Waals surface area contributed by atoms with Gasteiger partial charge in [-0.2, -0.15) is 0 Å². The monoisotopic (exact) mass is 300 g/mol. The van der Waals surface area contributed by atoms with E-state index >= 15 is 0 Å². The van der Waals surface area contributed by atoms with E-state index in [1.54, 1.807) is 6.07 Å². The van der Waals surface area contributed by atoms with Crippen molar-refractivity contribution >= 4 is 21.8 Å². The minimum atomic E-state index is -0.402. The normalized spacial score (nSPS) is 19.3. The SMILES string of the molecule is O=C(NCC1CCNC1)c1cc(F)ccc1Br. The molecule has 0 bridgehead atoms. The molecule has 1 unspecified atom stereocenters. The molecule has 0 aliphatic carbocycles. The molecule has 1 aromatic rings. The highest BCUT2D eigenvalue weighted by atomic mass is 79.9. The van der Waals surface area contributed by atoms with Crippen molar-refractivity contribution in [2.45, 2.75) is 6.42 Å². The number of halogens is 2. The minimum Gasteiger partial charge on any atom is -0.352 e. The first-order chi connectivity index (χ1) is 8.16. The highest BCUT2D eigenvalue weighted by molar-refractivity contribution is 9.10. The second-order valence-electron chi connectivity index (χ2n) is 4.19. The number of carbonyl (C=O) groups is 1. The van der Waals surface area contributed by atoms with Crippen molar-refractivity contribution in [3.05, 3.63) is 34.1 Å². The molecule has 3 nitrogen and oxygen atoms in total. The maximum Gasteiger partial charge on any atom is 0.252 e. The molecule has 0 spiro atoms. The van der Waals surface area contributed by atoms with Crippen molar-refractivity contribution in [1.82, 2.24) is 10.6 Å². The molecule has 92 valence electrons. The third-order valence-electron chi connectivity index (χ3n) is 2.89. The van der Waals surface area contributed by atoms with E-state index in [0.717, 1.165) is 19.5 Å². The lowest BCUT2D eigenvalue weighted by Gasteiger charge is -2.11. The summed E-state index contributed by atoms with van der Waals surface area (Å²) in [6.45, 7) is 2.57. The smallest absolute Gasteiger partial charge is 0.252 e. The quantitative estimate of drug-likeness (QED) is 0.895. The zero-order valence-electron chi connectivity index (χ0n) is 9.30. The Morgan fingerprint density at radius 2 is 2.41 bits per heavy atom. The lowest BCUT2D eigenvalue weighted by molar-refractivity contribution is 0.0947. The van der Waals surface area contributed by atoms with Crippen LogP contribution in [0.3, 0.4) is 0 Å². The van der Waals surface area contributed by atoms with Crippen LogP contribution in [0, 0.1) is 11.7 Å². The Bertz CT molecular complexity index is 419. The van der Waals surface area contributed by atoms with E-state index in [0.29, 0.717) is 22.5 Å². The summed E-state index contributed by atoms with van der Waals surface area (Å²) >= 11 is 3.24. The maximum atomic E-state index is 13.0. The van der Waals surface area contributed by atoms with Crippen LogP contribution in [0.4, 0.5) is 4.39 Å². The Hall–Kier alpha value is -0.940. The van der Waals surface area contributed by atoms with Crippen LogP contribution in [0.2, 0.25) is 0 Å². The molecular formula is C12H14BrFN2O. The number of hydrogen-bond acceptors (Lipinski definition) is 2. The number of hydrogen-bond donors (Lipinski definition) is 2. The first-order valence-corrected chi connectivity index (χ1v) is 6.40. The fourth-order valence-electron chi connectivity index (χ4n) is 1.89. The van der Waals surface area contributed by atoms with Gasteiger partial charge in [0.1, 0.15) is 5.82 Å². The van der Waals surface area contributed by atoms with Crippen molar-refractivity contribution in [1.29, 1.82) is 0 Å². The summed E-state index contributed by atoms with van der Waals surface area (Å²) in [5.41, 5.74) is 0.343. The number of amides is 1. The fraction of sp³-hybridized carbons (Fsp3) is 0.417. The molecule has 2 rings (SSSR count). The average Bonchev–Trinajstić information content (AvgIpc) is 2.82. The summed E-state index contributed by atoms with van der Waals surface area (Å²) in [7, 11) is 0. The van der Waals surface area contributed by atoms with Gasteiger partial charge >= 0.3 is 0 Å². The summed E-state index contributed by atoms with van der Waals surface area (Å²) in [5.74, 6) is -0.157. The van der Waals surface area contributed by atoms with Gasteiger partial charge in [0.05, 0.1) is 5.56 Å². The molecule has 1 heterocycles. The highest BCUT2D eigenvalue weighted by Gasteiger charge is 2.17. The van der Waals surface area contributed by atoms with Gasteiger partial charge in [0, 0.05) is 11.0 Å². The molecular weight excluding hydrogens is 287 g/mol. The highest BCUT2D eigenvalue weighted by Crippen LogP contribution is 2.17. The van der Waals surface area contributed by atoms with Crippen LogP contribution < -0.4 is 10.6 Å². The van der Waals surface area contributed by atoms with Crippen molar-refractivity contribution in [2.24, 2.45) is 5.92 Å². The summed E-state index contributed by atoms with van der Waals surface area (Å²) in [5, 5.41) is 6.07. The van der Waals surface area contributed by atoms with Crippen molar-refractivity contribution in [3.8, 4) is 0 Å². The minimum absolute atomic E-state index is 0.233. The third kappa shape index (κ3) is 3.26. The number of benzene rings is 1. The summed E-state index contributed by atoms with van der Waals surface area (Å²) in [6, 6.07) is 4.11. The van der Waals surface area contributed by atoms with E-state index in [1.807, 2.05) is 0 Å². The predicted molar refractivity (Wildman–Crippen MR) is 67.4 cm³/mol. The Morgan fingerprint density at radius 1 is 1.59 bits per heavy atom. The van der Waals surface area contributed by atoms with E-state index < -0.39 is 5.82 Å². The molecule has 1 atom stereocenters. The molecule has 1 aliphatic heterocycles. The Balaban J connectivity index is 1.96. The molecule has 0 aromatic heterocycles. The average molecular weight is 301 g/mol. The van der Waals surface area contributed by atoms with Crippen molar-refractivity contribution in [3.63, 3.8) is 0 Å². The molecule has 1 aromatic carbocycles. The number of nitrogens with one attached hydrogen (secondary N) is 2. The van der Waals surface area contributed by atoms with Crippen LogP contribution >= 0.6 is 15.9 Å². The Morgan fingerprint density at radius 3 is 3.12 bits per heavy atom. The largest absolute Gasteiger partial charge is 0.352 e. The summed E-state index contributed by atoms with van der Waals surface area (Å²) in [6.07, 6.45) is 1.07. The third-order valence-corrected chi connectivity index (χ3v) is 3.58. The van der Waals surface area contributed by atoms with Gasteiger partial charge in [0.25, 0.3) is 5.91 Å². The predicted octanol–water partition coefficient (Wildman–Crippen LogP) is 1.93. The van der Waals surface area contributed by atoms with E-state index in [4.69, 9.17) is 0 Å². The molecule has 0 radical (unpaired) electrons. The van der Waals surface area contributed by atoms with Crippen LogP contribution in [-0.4, -0.2) is 25.5 Å². The van der Waals surface area contributed by atoms with E-state index in [2.05, 4.69) is 26.6 Å². The van der Waals surface area contributed by atoms with Crippen LogP contribution in [0.5, 0.6) is 0 Å². The molecule has 5 heteroatoms. The van der Waals surface area contributed by atoms with E-state index in [-0.39, 0.29) is 5.91 Å². The van der Waals surface area contributed by atoms with Crippen LogP contribution in [0.1, 0.15) is 16.8 Å². The first kappa shape index (κ1) is 12.5. The van der Waals surface area contributed by atoms with Crippen LogP contribution in [-0.2, 0) is 0 Å². The molecule has 1 aliphatic rings. The lowest BCUT2D eigenvalue weighted by Crippen LogP contribution is -2.30. The summed E-state index contributed by atoms with van der Waals surface area (Å²) in [4.78, 5) is 11.8. The maximum absolute atomic E-state index is 13.0. The Labute approximate surface area is 108 Å². The Kier molecular flexibility index (Phi) is 4.12. The molecule has 1 fully saturated rings. The number of rotatable bonds is 3. The van der Waals surface area contributed by atoms with Gasteiger partial charge in [0.2, 0.25) is 0 Å². The standard InChI is InChI=1S/C12H14BrFN2O/c13-11-2-1-9(14)5-10(11)12(17)16-7-8-3-4-15-6-8/h1-2,5,8,15H,3-4,6-7H2,(H,16,17). The van der Waals surface area contributed by atoms with E-state index in [1.165, 1.54) is 12.1 Å². The van der Waals surface area contributed by atoms with Gasteiger partial charge in [0.15, 0.2) is 0 Å². The summed E-state index contributed by atoms with van der Waals surface area (Å²) < 4.78 is 13.6. The van der Waals surface area contributed by atoms with Gasteiger partial charge in [-0.3, -0.25) is 4.79 Å². The van der Waals surface area contributed by atoms with Gasteiger partial charge < -0.3 is 10.6 Å². The second kappa shape index (κ2) is 5.60. The number of carbonyl (C=O) groups excluding carboxylic acids is 1. The van der Waals surface area contributed by atoms with Crippen LogP contribution in [0.15, 0.2) is 22.7 Å². The zero-order chi connectivity index (χ0) is 12.3. The molecule has 17 heavy (non-hydrogen) atoms. The van der Waals surface area contributed by atoms with Crippen molar-refractivity contribution in [2.75, 3.05) is 19.6 Å². The van der Waals surface area contributed by atoms with Crippen molar-refractivity contribution < 1.29 is 9.18 Å². The van der Waals surface area contributed by atoms with E-state index in [9.17, 15) is 9.18 Å². The van der Waals surface area contributed by atoms with Gasteiger partial charge in [-0.1, -0.05) is 0 Å². The lowest BCUT2D eigenvalue weighted by atomic mass is 10.1. The molecule has 0 saturated carbocycles. The first-order valence-electron chi connectivity index (χ1n) is 5.61. The zero-order valence-corrected chi connectivity index (χ0v) is 10.9. The van der Waals surface area contributed by atoms with Gasteiger partial charge in [-0.05, 0) is 59.6 Å². The molecule has 1 amide bonds. The molecule has 1 saturated heterocycles. The fourth-order valence-corrected chi connectivity index (χ4v) is 2.32.